The van der Waals surface area contributed by atoms with Gasteiger partial charge in [0.25, 0.3) is 0 Å². The van der Waals surface area contributed by atoms with Gasteiger partial charge in [-0.25, -0.2) is 4.85 Å². The molecule has 0 N–H and O–H groups in total. The Labute approximate surface area is 1040 Å². The molecule has 0 aliphatic carbocycles. The molecule has 0 unspecified atom stereocenters. The second kappa shape index (κ2) is 56.1. The monoisotopic (exact) mass is 3360 g/mol. The van der Waals surface area contributed by atoms with Crippen LogP contribution >= 0.6 is 22.7 Å². The quantitative estimate of drug-likeness (QED) is 0.127. The molecule has 12 heterocycles. The van der Waals surface area contributed by atoms with Crippen molar-refractivity contribution in [3.05, 3.63) is 425 Å². The van der Waals surface area contributed by atoms with E-state index in [1.807, 2.05) is 151 Å². The summed E-state index contributed by atoms with van der Waals surface area (Å²) < 4.78 is 18.9. The van der Waals surface area contributed by atoms with Gasteiger partial charge in [0, 0.05) is 415 Å². The third-order valence-electron chi connectivity index (χ3n) is 22.4. The smallest absolute Gasteiger partial charge is 0.187 e. The van der Waals surface area contributed by atoms with Crippen LogP contribution in [0.15, 0.2) is 320 Å². The minimum absolute atomic E-state index is 0. The summed E-state index contributed by atoms with van der Waals surface area (Å²) >= 11 is 3.38. The number of oxazole rings is 1. The molecule has 14 aromatic carbocycles. The molecule has 0 amide bonds. The van der Waals surface area contributed by atoms with Crippen molar-refractivity contribution >= 4 is 207 Å². The predicted octanol–water partition coefficient (Wildman–Crippen LogP) is 28.8. The summed E-state index contributed by atoms with van der Waals surface area (Å²) in [5.41, 5.74) is 27.7. The number of anilines is 1. The van der Waals surface area contributed by atoms with Crippen molar-refractivity contribution in [2.45, 2.75) is 20.8 Å². The molecule has 28 heteroatoms. The Bertz CT molecular complexity index is 8270. The number of nitrogens with zero attached hydrogens (tertiary/aromatic N) is 13. The minimum Gasteiger partial charge on any atom is -0.454 e. The topological polar surface area (TPSA) is 121 Å². The molecular weight excluding hydrogens is 3270 g/mol. The zero-order valence-electron chi connectivity index (χ0n) is 77.0. The van der Waals surface area contributed by atoms with E-state index in [2.05, 4.69) is 286 Å². The number of aromatic nitrogens is 11. The number of benzene rings is 14. The Balaban J connectivity index is 0.000000418. The molecule has 0 saturated carbocycles. The zero-order chi connectivity index (χ0) is 80.6. The van der Waals surface area contributed by atoms with E-state index < -0.39 is 0 Å². The third-order valence-corrected chi connectivity index (χ3v) is 24.1. The second-order valence-corrected chi connectivity index (χ2v) is 31.4. The first-order valence-corrected chi connectivity index (χ1v) is 41.0. The Kier molecular flexibility index (Phi) is 51.8. The standard InChI is InChI=1S/C22H18N3.C22H12N3.C17H14N3.C15H8NO.C15H8NS.C13H7N2S.6CH3.6Ir.6Y/c1-14-11-15(2)21(16(3)12-14)25-13-23-20-17-7-4-5-8-18(17)24-10-6-9-19(24)22(20)25;1-23-16-7-4-6-15(14-16)17-9-5-10-19-21(17)18-8-2-3-11-20(18)25-13-12-24-22(19)25;1-19(2)12-7-8-16-15(11-12)13-5-3-4-6-14(13)17-18-9-10-20(16)17;2*1-3-7-12-10(5-1)11-6-2-4-8-13(11)15-14(12)16-9-17-15;1-2-5-10-9(4-1)12-13(16-8-14-12)11-6-3-7-15(10)11;;;;;;;;;;;;;;;;;;/h4-6,8-13H,1-3H3;2-9,11-14H;3-5,7-11H,1-2H3;2*1-6,8-9H;1-3,5-8H;6*1H3;;;;;;;;;;;;/q12*-1;;;;;;;;;;;;. The number of para-hydroxylation sites is 1. The Hall–Kier alpha value is -4.89. The van der Waals surface area contributed by atoms with Crippen LogP contribution in [0, 0.1) is 108 Å². The van der Waals surface area contributed by atoms with E-state index in [-0.39, 0.29) is 361 Å². The van der Waals surface area contributed by atoms with Gasteiger partial charge in [0.2, 0.25) is 0 Å². The van der Waals surface area contributed by atoms with Gasteiger partial charge in [-0.05, 0) is 126 Å². The minimum atomic E-state index is 0. The number of aryl methyl sites for hydroxylation is 3. The van der Waals surface area contributed by atoms with Gasteiger partial charge < -0.3 is 76.0 Å². The van der Waals surface area contributed by atoms with Crippen LogP contribution in [0.5, 0.6) is 0 Å². The summed E-state index contributed by atoms with van der Waals surface area (Å²) in [4.78, 5) is 32.7. The van der Waals surface area contributed by atoms with Crippen molar-refractivity contribution in [2.24, 2.45) is 0 Å². The molecule has 0 atom stereocenters. The SMILES string of the molecule is CN(C)c1ccc2c(c1)c1ccc[c-]c1c1nccn21.Cc1cc(C)c(-n2cnc3c4[c-]cccc4n4cccc4c32)c(C)c1.[C-]#[N+]c1cccc(-c2cc[c-]c3c2c2ccccc2n2ccnc32)c1.[CH3-].[CH3-].[CH3-].[CH3-].[CH3-].[CH3-].[Ir].[Ir].[Ir].[Ir].[Ir].[Ir].[Y].[Y].[Y].[Y].[Y].[Y].[c-]1cccc2c1c1ncoc1c1ccccc21.[c-]1cccc2c1c1ncsc1c1ccccc21.[c-]1cccc2c1c1ncsc1c1cccn21. The molecule has 692 valence electrons. The molecule has 26 rings (SSSR count). The Morgan fingerprint density at radius 2 is 0.826 bits per heavy atom. The fraction of sp³-hybridized carbons (Fsp3) is 0.0455. The van der Waals surface area contributed by atoms with Gasteiger partial charge in [-0.3, -0.25) is 29.9 Å². The van der Waals surface area contributed by atoms with E-state index >= 15 is 0 Å². The number of pyridine rings is 4. The van der Waals surface area contributed by atoms with E-state index in [9.17, 15) is 0 Å². The Morgan fingerprint density at radius 3 is 1.43 bits per heavy atom. The van der Waals surface area contributed by atoms with Crippen molar-refractivity contribution in [3.8, 4) is 16.8 Å². The van der Waals surface area contributed by atoms with Crippen LogP contribution < -0.4 is 4.90 Å². The van der Waals surface area contributed by atoms with Crippen molar-refractivity contribution in [1.29, 1.82) is 0 Å². The van der Waals surface area contributed by atoms with E-state index in [1.165, 1.54) is 104 Å². The van der Waals surface area contributed by atoms with Crippen LogP contribution in [0.3, 0.4) is 0 Å². The molecule has 12 radical (unpaired) electrons. The fourth-order valence-electron chi connectivity index (χ4n) is 17.4. The molecule has 0 spiro atoms. The number of hydrogen-bond acceptors (Lipinski definition) is 10. The number of fused-ring (bicyclic) bond motifs is 36. The first-order chi connectivity index (χ1) is 59.1. The van der Waals surface area contributed by atoms with Gasteiger partial charge in [-0.15, -0.1) is 184 Å². The van der Waals surface area contributed by atoms with E-state index in [0.29, 0.717) is 5.69 Å². The summed E-state index contributed by atoms with van der Waals surface area (Å²) in [5.74, 6) is 0. The molecule has 12 aromatic heterocycles. The van der Waals surface area contributed by atoms with E-state index in [1.54, 1.807) is 22.7 Å². The molecular formula is C110H85Ir6N13OS2Y6-12. The van der Waals surface area contributed by atoms with Gasteiger partial charge >= 0.3 is 0 Å². The third kappa shape index (κ3) is 23.8. The van der Waals surface area contributed by atoms with Gasteiger partial charge in [-0.1, -0.05) is 157 Å². The van der Waals surface area contributed by atoms with E-state index in [0.717, 1.165) is 115 Å². The molecule has 0 bridgehead atoms. The fourth-order valence-corrected chi connectivity index (χ4v) is 19.0. The average molecular weight is 3360 g/mol. The molecule has 0 saturated heterocycles. The summed E-state index contributed by atoms with van der Waals surface area (Å²) in [6.45, 7) is 13.8. The summed E-state index contributed by atoms with van der Waals surface area (Å²) in [6.07, 6.45) is 15.3. The largest absolute Gasteiger partial charge is 0.454 e. The van der Waals surface area contributed by atoms with Crippen LogP contribution in [0.1, 0.15) is 16.7 Å². The van der Waals surface area contributed by atoms with E-state index in [4.69, 9.17) is 16.0 Å². The molecule has 0 aliphatic rings. The second-order valence-electron chi connectivity index (χ2n) is 29.7. The number of thiazole rings is 2. The maximum atomic E-state index is 7.29. The van der Waals surface area contributed by atoms with Crippen LogP contribution in [0.2, 0.25) is 0 Å². The van der Waals surface area contributed by atoms with Crippen molar-refractivity contribution in [2.75, 3.05) is 19.0 Å². The number of imidazole rings is 3. The van der Waals surface area contributed by atoms with Gasteiger partial charge in [-0.2, -0.15) is 0 Å². The Morgan fingerprint density at radius 1 is 0.362 bits per heavy atom. The molecule has 138 heavy (non-hydrogen) atoms. The number of rotatable bonds is 3. The van der Waals surface area contributed by atoms with Crippen LogP contribution in [-0.4, -0.2) is 66.2 Å². The predicted molar refractivity (Wildman–Crippen MR) is 533 cm³/mol. The normalized spacial score (nSPS) is 10.0. The molecule has 0 aliphatic heterocycles. The summed E-state index contributed by atoms with van der Waals surface area (Å²) in [7, 11) is 4.12. The molecule has 0 fully saturated rings. The maximum Gasteiger partial charge on any atom is 0.187 e. The number of hydrogen-bond donors (Lipinski definition) is 0. The van der Waals surface area contributed by atoms with Crippen molar-refractivity contribution < 1.29 is 321 Å². The van der Waals surface area contributed by atoms with Crippen LogP contribution in [0.25, 0.3) is 195 Å². The van der Waals surface area contributed by atoms with Crippen LogP contribution in [0.4, 0.5) is 11.4 Å². The van der Waals surface area contributed by atoms with Gasteiger partial charge in [0.05, 0.1) is 51.9 Å². The summed E-state index contributed by atoms with van der Waals surface area (Å²) in [6, 6.07) is 107. The average Bonchev–Trinajstić information content (AvgIpc) is 0.912. The first-order valence-electron chi connectivity index (χ1n) is 39.2. The first kappa shape index (κ1) is 127. The van der Waals surface area contributed by atoms with Gasteiger partial charge in [0.1, 0.15) is 5.58 Å². The molecule has 26 aromatic rings. The zero-order valence-corrected chi connectivity index (χ0v) is 110. The molecule has 14 nitrogen and oxygen atoms in total. The summed E-state index contributed by atoms with van der Waals surface area (Å²) in [5, 5.41) is 18.4. The van der Waals surface area contributed by atoms with Gasteiger partial charge in [0.15, 0.2) is 12.1 Å². The van der Waals surface area contributed by atoms with Crippen molar-refractivity contribution in [1.82, 2.24) is 52.1 Å². The van der Waals surface area contributed by atoms with Crippen LogP contribution in [-0.2, 0) is 317 Å². The maximum absolute atomic E-state index is 7.29. The van der Waals surface area contributed by atoms with Crippen molar-refractivity contribution in [3.63, 3.8) is 0 Å².